The van der Waals surface area contributed by atoms with Gasteiger partial charge in [0.2, 0.25) is 11.8 Å². The van der Waals surface area contributed by atoms with Crippen molar-refractivity contribution >= 4 is 11.8 Å². The van der Waals surface area contributed by atoms with Crippen LogP contribution < -0.4 is 5.32 Å². The molecule has 0 aromatic heterocycles. The number of hydrogen-bond acceptors (Lipinski definition) is 3. The van der Waals surface area contributed by atoms with Crippen LogP contribution in [0.15, 0.2) is 84.9 Å². The van der Waals surface area contributed by atoms with Gasteiger partial charge in [-0.25, -0.2) is 4.39 Å². The molecule has 0 aliphatic heterocycles. The summed E-state index contributed by atoms with van der Waals surface area (Å²) in [5, 5.41) is 3.00. The molecule has 1 N–H and O–H groups in total. The SMILES string of the molecule is CC(C)OCCCNC(=O)[C@@H](Cc1ccccc1)N(Cc1ccc(F)cc1)C(=O)Cc1ccccc1. The second-order valence-corrected chi connectivity index (χ2v) is 9.08. The summed E-state index contributed by atoms with van der Waals surface area (Å²) in [7, 11) is 0. The number of halogens is 1. The lowest BCUT2D eigenvalue weighted by Crippen LogP contribution is -2.51. The van der Waals surface area contributed by atoms with E-state index in [-0.39, 0.29) is 36.7 Å². The molecule has 0 spiro atoms. The van der Waals surface area contributed by atoms with E-state index in [2.05, 4.69) is 5.32 Å². The summed E-state index contributed by atoms with van der Waals surface area (Å²) in [5.74, 6) is -0.722. The van der Waals surface area contributed by atoms with Gasteiger partial charge in [0.25, 0.3) is 0 Å². The van der Waals surface area contributed by atoms with Gasteiger partial charge in [0.15, 0.2) is 0 Å². The molecule has 0 unspecified atom stereocenters. The van der Waals surface area contributed by atoms with Crippen LogP contribution in [-0.2, 0) is 33.7 Å². The van der Waals surface area contributed by atoms with Gasteiger partial charge in [-0.15, -0.1) is 0 Å². The number of benzene rings is 3. The highest BCUT2D eigenvalue weighted by Crippen LogP contribution is 2.17. The van der Waals surface area contributed by atoms with E-state index in [1.165, 1.54) is 12.1 Å². The number of hydrogen-bond donors (Lipinski definition) is 1. The second kappa shape index (κ2) is 14.1. The molecule has 0 fully saturated rings. The lowest BCUT2D eigenvalue weighted by Gasteiger charge is -2.31. The predicted octanol–water partition coefficient (Wildman–Crippen LogP) is 4.94. The highest BCUT2D eigenvalue weighted by atomic mass is 19.1. The molecule has 0 radical (unpaired) electrons. The third-order valence-electron chi connectivity index (χ3n) is 5.81. The molecule has 3 aromatic rings. The van der Waals surface area contributed by atoms with Crippen LogP contribution in [0.4, 0.5) is 4.39 Å². The van der Waals surface area contributed by atoms with Gasteiger partial charge in [-0.2, -0.15) is 0 Å². The Balaban J connectivity index is 1.84. The van der Waals surface area contributed by atoms with Crippen molar-refractivity contribution in [3.8, 4) is 0 Å². The summed E-state index contributed by atoms with van der Waals surface area (Å²) in [6, 6.07) is 24.5. The molecular formula is C30H35FN2O3. The van der Waals surface area contributed by atoms with Gasteiger partial charge in [-0.1, -0.05) is 72.8 Å². The Labute approximate surface area is 213 Å². The van der Waals surface area contributed by atoms with Gasteiger partial charge >= 0.3 is 0 Å². The van der Waals surface area contributed by atoms with Crippen LogP contribution in [0.1, 0.15) is 37.0 Å². The third-order valence-corrected chi connectivity index (χ3v) is 5.81. The van der Waals surface area contributed by atoms with Crippen molar-refractivity contribution in [2.24, 2.45) is 0 Å². The van der Waals surface area contributed by atoms with Crippen LogP contribution in [0, 0.1) is 5.82 Å². The molecule has 2 amide bonds. The standard InChI is InChI=1S/C30H35FN2O3/c1-23(2)36-19-9-18-32-30(35)28(20-24-10-5-3-6-11-24)33(22-26-14-16-27(31)17-15-26)29(34)21-25-12-7-4-8-13-25/h3-8,10-17,23,28H,9,18-22H2,1-2H3,(H,32,35)/t28-/m1/s1. The monoisotopic (exact) mass is 490 g/mol. The van der Waals surface area contributed by atoms with Crippen molar-refractivity contribution in [3.63, 3.8) is 0 Å². The normalized spacial score (nSPS) is 11.8. The minimum atomic E-state index is -0.723. The zero-order valence-corrected chi connectivity index (χ0v) is 21.0. The quantitative estimate of drug-likeness (QED) is 0.345. The maximum absolute atomic E-state index is 13.6. The molecule has 3 rings (SSSR count). The first-order chi connectivity index (χ1) is 17.4. The molecule has 36 heavy (non-hydrogen) atoms. The van der Waals surface area contributed by atoms with Crippen molar-refractivity contribution in [2.45, 2.75) is 51.8 Å². The first-order valence-electron chi connectivity index (χ1n) is 12.4. The lowest BCUT2D eigenvalue weighted by molar-refractivity contribution is -0.140. The highest BCUT2D eigenvalue weighted by Gasteiger charge is 2.30. The molecular weight excluding hydrogens is 455 g/mol. The highest BCUT2D eigenvalue weighted by molar-refractivity contribution is 5.88. The first-order valence-corrected chi connectivity index (χ1v) is 12.4. The van der Waals surface area contributed by atoms with Crippen LogP contribution in [-0.4, -0.2) is 42.0 Å². The van der Waals surface area contributed by atoms with Gasteiger partial charge in [-0.3, -0.25) is 9.59 Å². The lowest BCUT2D eigenvalue weighted by atomic mass is 10.0. The minimum absolute atomic E-state index is 0.133. The molecule has 3 aromatic carbocycles. The smallest absolute Gasteiger partial charge is 0.243 e. The fourth-order valence-corrected chi connectivity index (χ4v) is 3.93. The van der Waals surface area contributed by atoms with Crippen LogP contribution in [0.25, 0.3) is 0 Å². The van der Waals surface area contributed by atoms with Crippen molar-refractivity contribution in [2.75, 3.05) is 13.2 Å². The molecule has 5 nitrogen and oxygen atoms in total. The van der Waals surface area contributed by atoms with Gasteiger partial charge in [-0.05, 0) is 49.1 Å². The second-order valence-electron chi connectivity index (χ2n) is 9.08. The van der Waals surface area contributed by atoms with E-state index in [1.807, 2.05) is 74.5 Å². The molecule has 0 saturated heterocycles. The summed E-state index contributed by atoms with van der Waals surface area (Å²) in [6.45, 7) is 5.15. The maximum atomic E-state index is 13.6. The maximum Gasteiger partial charge on any atom is 0.243 e. The van der Waals surface area contributed by atoms with Crippen LogP contribution in [0.3, 0.4) is 0 Å². The molecule has 0 aliphatic carbocycles. The Kier molecular flexibility index (Phi) is 10.6. The Morgan fingerprint density at radius 2 is 1.47 bits per heavy atom. The number of nitrogens with one attached hydrogen (secondary N) is 1. The first kappa shape index (κ1) is 27.1. The number of amides is 2. The number of carbonyl (C=O) groups is 2. The van der Waals surface area contributed by atoms with Crippen LogP contribution >= 0.6 is 0 Å². The zero-order valence-electron chi connectivity index (χ0n) is 21.0. The van der Waals surface area contributed by atoms with E-state index in [0.29, 0.717) is 26.0 Å². The molecule has 0 aliphatic rings. The summed E-state index contributed by atoms with van der Waals surface area (Å²) < 4.78 is 19.1. The molecule has 190 valence electrons. The molecule has 0 heterocycles. The van der Waals surface area contributed by atoms with E-state index < -0.39 is 6.04 Å². The number of ether oxygens (including phenoxy) is 1. The van der Waals surface area contributed by atoms with Crippen LogP contribution in [0.5, 0.6) is 0 Å². The van der Waals surface area contributed by atoms with E-state index in [1.54, 1.807) is 17.0 Å². The van der Waals surface area contributed by atoms with Gasteiger partial charge in [0.05, 0.1) is 12.5 Å². The Bertz CT molecular complexity index is 1070. The number of carbonyl (C=O) groups excluding carboxylic acids is 2. The van der Waals surface area contributed by atoms with Crippen molar-refractivity contribution in [1.29, 1.82) is 0 Å². The Morgan fingerprint density at radius 1 is 0.861 bits per heavy atom. The largest absolute Gasteiger partial charge is 0.379 e. The van der Waals surface area contributed by atoms with Crippen molar-refractivity contribution < 1.29 is 18.7 Å². The Hall–Kier alpha value is -3.51. The Morgan fingerprint density at radius 3 is 2.08 bits per heavy atom. The summed E-state index contributed by atoms with van der Waals surface area (Å²) in [5.41, 5.74) is 2.59. The molecule has 0 bridgehead atoms. The summed E-state index contributed by atoms with van der Waals surface area (Å²) in [4.78, 5) is 28.7. The number of nitrogens with zero attached hydrogens (tertiary/aromatic N) is 1. The minimum Gasteiger partial charge on any atom is -0.379 e. The zero-order chi connectivity index (χ0) is 25.8. The van der Waals surface area contributed by atoms with E-state index in [0.717, 1.165) is 16.7 Å². The van der Waals surface area contributed by atoms with Crippen molar-refractivity contribution in [3.05, 3.63) is 107 Å². The van der Waals surface area contributed by atoms with E-state index >= 15 is 0 Å². The average Bonchev–Trinajstić information content (AvgIpc) is 2.88. The van der Waals surface area contributed by atoms with Gasteiger partial charge < -0.3 is 15.0 Å². The molecule has 1 atom stereocenters. The summed E-state index contributed by atoms with van der Waals surface area (Å²) in [6.07, 6.45) is 1.35. The topological polar surface area (TPSA) is 58.6 Å². The predicted molar refractivity (Wildman–Crippen MR) is 140 cm³/mol. The fourth-order valence-electron chi connectivity index (χ4n) is 3.93. The van der Waals surface area contributed by atoms with Gasteiger partial charge in [0, 0.05) is 26.1 Å². The van der Waals surface area contributed by atoms with Gasteiger partial charge in [0.1, 0.15) is 11.9 Å². The van der Waals surface area contributed by atoms with E-state index in [9.17, 15) is 14.0 Å². The number of rotatable bonds is 13. The average molecular weight is 491 g/mol. The van der Waals surface area contributed by atoms with Crippen molar-refractivity contribution in [1.82, 2.24) is 10.2 Å². The molecule has 6 heteroatoms. The van der Waals surface area contributed by atoms with E-state index in [4.69, 9.17) is 4.74 Å². The fraction of sp³-hybridized carbons (Fsp3) is 0.333. The molecule has 0 saturated carbocycles. The summed E-state index contributed by atoms with van der Waals surface area (Å²) >= 11 is 0. The van der Waals surface area contributed by atoms with Crippen LogP contribution in [0.2, 0.25) is 0 Å². The third kappa shape index (κ3) is 8.93.